The van der Waals surface area contributed by atoms with Crippen LogP contribution in [0.15, 0.2) is 35.9 Å². The van der Waals surface area contributed by atoms with Crippen molar-refractivity contribution in [1.29, 1.82) is 0 Å². The Balaban J connectivity index is 1.36. The first-order chi connectivity index (χ1) is 21.0. The molecule has 1 aromatic carbocycles. The third-order valence-electron chi connectivity index (χ3n) is 15.0. The molecule has 0 aromatic heterocycles. The second-order valence-electron chi connectivity index (χ2n) is 16.9. The molecule has 0 amide bonds. The Morgan fingerprint density at radius 2 is 1.60 bits per heavy atom. The standard InChI is InChI=1S/C37H53NO7/c1-21-14-17-37(32(42)45-20-23-8-10-24(11-9-23)38(43)44)19-18-34(5)25(28(37)22(21)2)12-13-27-35(34,6)16-15-26-33(3,4)30(40)29(39)31(41)36(26,27)7/h8-12,21-22,26-31,39-41H,13-20H2,1-7H3/t21-,22+,26+,27+,28+,29-,30+,31+,34-,35-,36+,37+/m1/s1. The molecule has 0 aliphatic heterocycles. The van der Waals surface area contributed by atoms with Crippen molar-refractivity contribution in [3.05, 3.63) is 51.6 Å². The van der Waals surface area contributed by atoms with Gasteiger partial charge in [-0.25, -0.2) is 0 Å². The van der Waals surface area contributed by atoms with Gasteiger partial charge in [-0.05, 0) is 108 Å². The molecule has 6 rings (SSSR count). The van der Waals surface area contributed by atoms with Crippen LogP contribution in [0.25, 0.3) is 0 Å². The second kappa shape index (κ2) is 10.6. The zero-order chi connectivity index (χ0) is 32.9. The Labute approximate surface area is 267 Å². The summed E-state index contributed by atoms with van der Waals surface area (Å²) in [6.07, 6.45) is 5.19. The van der Waals surface area contributed by atoms with Crippen LogP contribution in [0.4, 0.5) is 5.69 Å². The number of carbonyl (C=O) groups is 1. The molecule has 12 atom stereocenters. The topological polar surface area (TPSA) is 130 Å². The van der Waals surface area contributed by atoms with Crippen molar-refractivity contribution in [2.75, 3.05) is 0 Å². The number of carbonyl (C=O) groups excluding carboxylic acids is 1. The summed E-state index contributed by atoms with van der Waals surface area (Å²) in [6, 6.07) is 6.21. The zero-order valence-electron chi connectivity index (χ0n) is 28.1. The highest BCUT2D eigenvalue weighted by molar-refractivity contribution is 5.79. The lowest BCUT2D eigenvalue weighted by Gasteiger charge is -2.72. The van der Waals surface area contributed by atoms with Crippen LogP contribution in [0.3, 0.4) is 0 Å². The maximum absolute atomic E-state index is 14.3. The maximum Gasteiger partial charge on any atom is 0.313 e. The van der Waals surface area contributed by atoms with Crippen molar-refractivity contribution in [3.8, 4) is 0 Å². The van der Waals surface area contributed by atoms with Gasteiger partial charge in [0, 0.05) is 17.5 Å². The Kier molecular flexibility index (Phi) is 7.70. The van der Waals surface area contributed by atoms with E-state index in [4.69, 9.17) is 4.74 Å². The van der Waals surface area contributed by atoms with Gasteiger partial charge in [0.25, 0.3) is 5.69 Å². The van der Waals surface area contributed by atoms with Crippen molar-refractivity contribution in [2.24, 2.45) is 56.7 Å². The highest BCUT2D eigenvalue weighted by Gasteiger charge is 2.72. The lowest BCUT2D eigenvalue weighted by molar-refractivity contribution is -0.384. The van der Waals surface area contributed by atoms with Crippen molar-refractivity contribution in [1.82, 2.24) is 0 Å². The molecule has 5 aliphatic carbocycles. The number of non-ortho nitro benzene ring substituents is 1. The van der Waals surface area contributed by atoms with Crippen LogP contribution < -0.4 is 0 Å². The number of ether oxygens (including phenoxy) is 1. The molecule has 8 nitrogen and oxygen atoms in total. The molecular weight excluding hydrogens is 570 g/mol. The van der Waals surface area contributed by atoms with E-state index in [1.807, 2.05) is 13.8 Å². The van der Waals surface area contributed by atoms with E-state index in [1.54, 1.807) is 12.1 Å². The van der Waals surface area contributed by atoms with E-state index >= 15 is 0 Å². The number of nitrogens with zero attached hydrogens (tertiary/aromatic N) is 1. The van der Waals surface area contributed by atoms with Crippen molar-refractivity contribution >= 4 is 11.7 Å². The largest absolute Gasteiger partial charge is 0.460 e. The summed E-state index contributed by atoms with van der Waals surface area (Å²) in [5, 5.41) is 45.0. The number of hydrogen-bond donors (Lipinski definition) is 3. The molecule has 248 valence electrons. The molecule has 45 heavy (non-hydrogen) atoms. The Hall–Kier alpha value is -2.29. The monoisotopic (exact) mass is 623 g/mol. The number of fused-ring (bicyclic) bond motifs is 7. The van der Waals surface area contributed by atoms with Crippen molar-refractivity contribution < 1.29 is 29.8 Å². The normalized spacial score (nSPS) is 46.8. The molecule has 4 saturated carbocycles. The molecular formula is C37H53NO7. The van der Waals surface area contributed by atoms with Gasteiger partial charge in [0.15, 0.2) is 0 Å². The van der Waals surface area contributed by atoms with Crippen LogP contribution in [0.1, 0.15) is 99.0 Å². The minimum atomic E-state index is -1.19. The molecule has 0 spiro atoms. The maximum atomic E-state index is 14.3. The molecule has 0 radical (unpaired) electrons. The number of benzene rings is 1. The molecule has 4 fully saturated rings. The predicted molar refractivity (Wildman–Crippen MR) is 171 cm³/mol. The summed E-state index contributed by atoms with van der Waals surface area (Å²) in [5.41, 5.74) is 0.0773. The van der Waals surface area contributed by atoms with Crippen LogP contribution in [-0.4, -0.2) is 44.5 Å². The quantitative estimate of drug-likeness (QED) is 0.149. The highest BCUT2D eigenvalue weighted by Crippen LogP contribution is 2.75. The van der Waals surface area contributed by atoms with Gasteiger partial charge in [0.2, 0.25) is 0 Å². The molecule has 1 aromatic rings. The Morgan fingerprint density at radius 1 is 0.933 bits per heavy atom. The first-order valence-electron chi connectivity index (χ1n) is 17.1. The summed E-state index contributed by atoms with van der Waals surface area (Å²) >= 11 is 0. The minimum absolute atomic E-state index is 0.0133. The molecule has 8 heteroatoms. The van der Waals surface area contributed by atoms with Crippen LogP contribution in [0, 0.1) is 66.8 Å². The lowest BCUT2D eigenvalue weighted by Crippen LogP contribution is -2.72. The van der Waals surface area contributed by atoms with Crippen LogP contribution >= 0.6 is 0 Å². The van der Waals surface area contributed by atoms with E-state index in [-0.39, 0.29) is 46.8 Å². The van der Waals surface area contributed by atoms with Gasteiger partial charge in [-0.3, -0.25) is 14.9 Å². The molecule has 0 bridgehead atoms. The number of rotatable bonds is 4. The average Bonchev–Trinajstić information content (AvgIpc) is 3.00. The fourth-order valence-corrected chi connectivity index (χ4v) is 11.9. The van der Waals surface area contributed by atoms with Crippen LogP contribution in [-0.2, 0) is 16.1 Å². The van der Waals surface area contributed by atoms with Crippen LogP contribution in [0.5, 0.6) is 0 Å². The number of aliphatic hydroxyl groups is 3. The van der Waals surface area contributed by atoms with E-state index in [9.17, 15) is 30.2 Å². The van der Waals surface area contributed by atoms with E-state index in [0.29, 0.717) is 11.8 Å². The van der Waals surface area contributed by atoms with E-state index in [1.165, 1.54) is 17.7 Å². The Morgan fingerprint density at radius 3 is 2.24 bits per heavy atom. The molecule has 3 N–H and O–H groups in total. The number of nitro groups is 1. The van der Waals surface area contributed by atoms with E-state index in [2.05, 4.69) is 40.7 Å². The average molecular weight is 624 g/mol. The van der Waals surface area contributed by atoms with Crippen molar-refractivity contribution in [3.63, 3.8) is 0 Å². The molecule has 0 heterocycles. The highest BCUT2D eigenvalue weighted by atomic mass is 16.6. The van der Waals surface area contributed by atoms with Gasteiger partial charge in [0.1, 0.15) is 12.7 Å². The summed E-state index contributed by atoms with van der Waals surface area (Å²) in [5.74, 6) is 0.836. The molecule has 5 aliphatic rings. The molecule has 0 saturated heterocycles. The number of aliphatic hydroxyl groups excluding tert-OH is 3. The second-order valence-corrected chi connectivity index (χ2v) is 16.9. The van der Waals surface area contributed by atoms with Gasteiger partial charge in [-0.2, -0.15) is 0 Å². The minimum Gasteiger partial charge on any atom is -0.460 e. The number of esters is 1. The van der Waals surface area contributed by atoms with E-state index in [0.717, 1.165) is 50.5 Å². The van der Waals surface area contributed by atoms with Gasteiger partial charge < -0.3 is 20.1 Å². The summed E-state index contributed by atoms with van der Waals surface area (Å²) in [4.78, 5) is 24.9. The van der Waals surface area contributed by atoms with Gasteiger partial charge in [-0.15, -0.1) is 0 Å². The predicted octanol–water partition coefficient (Wildman–Crippen LogP) is 6.60. The van der Waals surface area contributed by atoms with Gasteiger partial charge in [-0.1, -0.05) is 60.1 Å². The number of nitro benzene ring substituents is 1. The smallest absolute Gasteiger partial charge is 0.313 e. The summed E-state index contributed by atoms with van der Waals surface area (Å²) < 4.78 is 6.08. The Bertz CT molecular complexity index is 1390. The van der Waals surface area contributed by atoms with Crippen molar-refractivity contribution in [2.45, 2.75) is 118 Å². The fourth-order valence-electron chi connectivity index (χ4n) is 11.9. The summed E-state index contributed by atoms with van der Waals surface area (Å²) in [7, 11) is 0. The number of hydrogen-bond acceptors (Lipinski definition) is 7. The third kappa shape index (κ3) is 4.30. The van der Waals surface area contributed by atoms with Gasteiger partial charge >= 0.3 is 5.97 Å². The zero-order valence-corrected chi connectivity index (χ0v) is 28.1. The fraction of sp³-hybridized carbons (Fsp3) is 0.757. The first-order valence-corrected chi connectivity index (χ1v) is 17.1. The summed E-state index contributed by atoms with van der Waals surface area (Å²) in [6.45, 7) is 15.8. The third-order valence-corrected chi connectivity index (χ3v) is 15.0. The van der Waals surface area contributed by atoms with Crippen LogP contribution in [0.2, 0.25) is 0 Å². The molecule has 0 unspecified atom stereocenters. The first kappa shape index (κ1) is 32.6. The number of allylic oxidation sites excluding steroid dienone is 2. The SMILES string of the molecule is C[C@H]1[C@H](C)CC[C@]2(C(=O)OCc3ccc([N+](=O)[O-])cc3)CC[C@]3(C)C(=CC[C@@H]4[C@@]5(C)[C@@H](O)[C@H](O)[C@H](O)C(C)(C)[C@@H]5CC[C@]43C)[C@H]12. The van der Waals surface area contributed by atoms with Gasteiger partial charge in [0.05, 0.1) is 22.5 Å². The lowest BCUT2D eigenvalue weighted by atomic mass is 9.33. The van der Waals surface area contributed by atoms with E-state index < -0.39 is 39.5 Å².